The minimum absolute atomic E-state index is 0.235. The monoisotopic (exact) mass is 318 g/mol. The van der Waals surface area contributed by atoms with Gasteiger partial charge < -0.3 is 4.74 Å². The molecule has 118 valence electrons. The summed E-state index contributed by atoms with van der Waals surface area (Å²) < 4.78 is 90.4. The van der Waals surface area contributed by atoms with E-state index in [0.717, 1.165) is 6.07 Å². The maximum Gasteiger partial charge on any atom is 0.460 e. The fourth-order valence-electron chi connectivity index (χ4n) is 1.31. The van der Waals surface area contributed by atoms with Crippen molar-refractivity contribution in [1.29, 1.82) is 0 Å². The van der Waals surface area contributed by atoms with Gasteiger partial charge in [-0.25, -0.2) is 4.79 Å². The molecule has 0 aliphatic rings. The van der Waals surface area contributed by atoms with Gasteiger partial charge in [0.1, 0.15) is 0 Å². The second-order valence-electron chi connectivity index (χ2n) is 4.22. The normalized spacial score (nSPS) is 13.1. The molecule has 21 heavy (non-hydrogen) atoms. The molecule has 0 spiro atoms. The molecule has 9 heteroatoms. The van der Waals surface area contributed by atoms with Gasteiger partial charge in [0.25, 0.3) is 0 Å². The van der Waals surface area contributed by atoms with Crippen molar-refractivity contribution in [3.05, 3.63) is 35.4 Å². The van der Waals surface area contributed by atoms with Crippen LogP contribution in [-0.4, -0.2) is 30.6 Å². The van der Waals surface area contributed by atoms with Crippen molar-refractivity contribution in [3.8, 4) is 0 Å². The lowest BCUT2D eigenvalue weighted by molar-refractivity contribution is -0.359. The minimum Gasteiger partial charge on any atom is -0.455 e. The van der Waals surface area contributed by atoms with E-state index < -0.39 is 30.6 Å². The fraction of sp³-hybridized carbons (Fsp3) is 0.417. The molecule has 0 aliphatic carbocycles. The van der Waals surface area contributed by atoms with E-state index in [0.29, 0.717) is 5.56 Å². The standard InChI is InChI=1S/C12H9F7O2/c1-7-3-2-4-8(5-7)9(20)21-6-10(13,14)11(15,16)12(17,18)19/h2-5H,6H2,1H3. The van der Waals surface area contributed by atoms with E-state index in [9.17, 15) is 35.5 Å². The molecule has 1 rings (SSSR count). The third-order valence-corrected chi connectivity index (χ3v) is 2.45. The third-order valence-electron chi connectivity index (χ3n) is 2.45. The van der Waals surface area contributed by atoms with Crippen LogP contribution < -0.4 is 0 Å². The second kappa shape index (κ2) is 5.53. The predicted octanol–water partition coefficient (Wildman–Crippen LogP) is 3.98. The van der Waals surface area contributed by atoms with E-state index in [1.165, 1.54) is 12.1 Å². The van der Waals surface area contributed by atoms with Crippen LogP contribution in [0.4, 0.5) is 30.7 Å². The highest BCUT2D eigenvalue weighted by Gasteiger charge is 2.73. The van der Waals surface area contributed by atoms with Gasteiger partial charge in [0, 0.05) is 0 Å². The fourth-order valence-corrected chi connectivity index (χ4v) is 1.31. The topological polar surface area (TPSA) is 26.3 Å². The summed E-state index contributed by atoms with van der Waals surface area (Å²) in [6.07, 6.45) is -6.45. The van der Waals surface area contributed by atoms with E-state index in [1.807, 2.05) is 0 Å². The van der Waals surface area contributed by atoms with E-state index in [4.69, 9.17) is 0 Å². The van der Waals surface area contributed by atoms with Crippen LogP contribution in [0.2, 0.25) is 0 Å². The number of esters is 1. The molecule has 1 aromatic rings. The summed E-state index contributed by atoms with van der Waals surface area (Å²) in [6.45, 7) is -0.824. The van der Waals surface area contributed by atoms with Crippen molar-refractivity contribution >= 4 is 5.97 Å². The Kier molecular flexibility index (Phi) is 4.54. The van der Waals surface area contributed by atoms with Gasteiger partial charge in [0.2, 0.25) is 0 Å². The lowest BCUT2D eigenvalue weighted by atomic mass is 10.1. The maximum absolute atomic E-state index is 12.9. The van der Waals surface area contributed by atoms with Gasteiger partial charge in [0.15, 0.2) is 6.61 Å². The largest absolute Gasteiger partial charge is 0.460 e. The molecule has 0 radical (unpaired) electrons. The van der Waals surface area contributed by atoms with E-state index in [1.54, 1.807) is 13.0 Å². The van der Waals surface area contributed by atoms with Crippen molar-refractivity contribution in [2.24, 2.45) is 0 Å². The molecule has 0 saturated heterocycles. The number of benzene rings is 1. The number of hydrogen-bond acceptors (Lipinski definition) is 2. The van der Waals surface area contributed by atoms with Crippen LogP contribution in [0.15, 0.2) is 24.3 Å². The van der Waals surface area contributed by atoms with Gasteiger partial charge in [0.05, 0.1) is 5.56 Å². The van der Waals surface area contributed by atoms with Crippen LogP contribution in [0.1, 0.15) is 15.9 Å². The van der Waals surface area contributed by atoms with Crippen molar-refractivity contribution in [1.82, 2.24) is 0 Å². The second-order valence-corrected chi connectivity index (χ2v) is 4.22. The molecule has 0 aliphatic heterocycles. The average molecular weight is 318 g/mol. The van der Waals surface area contributed by atoms with Gasteiger partial charge in [-0.05, 0) is 19.1 Å². The first kappa shape index (κ1) is 17.3. The summed E-state index contributed by atoms with van der Waals surface area (Å²) in [5.74, 6) is -13.3. The van der Waals surface area contributed by atoms with Crippen LogP contribution in [-0.2, 0) is 4.74 Å². The van der Waals surface area contributed by atoms with Crippen LogP contribution in [0, 0.1) is 6.92 Å². The Morgan fingerprint density at radius 2 is 1.67 bits per heavy atom. The Morgan fingerprint density at radius 3 is 2.14 bits per heavy atom. The summed E-state index contributed by atoms with van der Waals surface area (Å²) in [7, 11) is 0. The molecule has 0 N–H and O–H groups in total. The maximum atomic E-state index is 12.9. The smallest absolute Gasteiger partial charge is 0.455 e. The Labute approximate surface area is 114 Å². The summed E-state index contributed by atoms with van der Waals surface area (Å²) in [5.41, 5.74) is 0.318. The summed E-state index contributed by atoms with van der Waals surface area (Å²) in [6, 6.07) is 5.29. The first-order valence-electron chi connectivity index (χ1n) is 5.44. The lowest BCUT2D eigenvalue weighted by Crippen LogP contribution is -2.54. The quantitative estimate of drug-likeness (QED) is 0.620. The summed E-state index contributed by atoms with van der Waals surface area (Å²) in [5, 5.41) is 0. The van der Waals surface area contributed by atoms with Crippen molar-refractivity contribution < 1.29 is 40.3 Å². The first-order valence-corrected chi connectivity index (χ1v) is 5.44. The third kappa shape index (κ3) is 3.64. The Bertz CT molecular complexity index is 523. The molecular weight excluding hydrogens is 309 g/mol. The molecule has 0 bridgehead atoms. The number of rotatable bonds is 4. The van der Waals surface area contributed by atoms with Crippen LogP contribution in [0.5, 0.6) is 0 Å². The lowest BCUT2D eigenvalue weighted by Gasteiger charge is -2.27. The number of hydrogen-bond donors (Lipinski definition) is 0. The Hall–Kier alpha value is -1.80. The van der Waals surface area contributed by atoms with Crippen molar-refractivity contribution in [3.63, 3.8) is 0 Å². The molecule has 0 atom stereocenters. The molecule has 0 amide bonds. The van der Waals surface area contributed by atoms with Gasteiger partial charge in [-0.2, -0.15) is 30.7 Å². The molecule has 2 nitrogen and oxygen atoms in total. The van der Waals surface area contributed by atoms with Gasteiger partial charge in [-0.3, -0.25) is 0 Å². The number of aryl methyl sites for hydroxylation is 1. The van der Waals surface area contributed by atoms with Crippen LogP contribution >= 0.6 is 0 Å². The van der Waals surface area contributed by atoms with Gasteiger partial charge in [-0.15, -0.1) is 0 Å². The molecule has 0 unspecified atom stereocenters. The van der Waals surface area contributed by atoms with E-state index in [2.05, 4.69) is 4.74 Å². The molecule has 1 aromatic carbocycles. The first-order chi connectivity index (χ1) is 9.38. The Morgan fingerprint density at radius 1 is 1.10 bits per heavy atom. The van der Waals surface area contributed by atoms with Crippen LogP contribution in [0.25, 0.3) is 0 Å². The molecular formula is C12H9F7O2. The molecule has 0 heterocycles. The average Bonchev–Trinajstić information content (AvgIpc) is 2.34. The minimum atomic E-state index is -6.45. The summed E-state index contributed by atoms with van der Waals surface area (Å²) in [4.78, 5) is 11.3. The highest BCUT2D eigenvalue weighted by molar-refractivity contribution is 5.89. The predicted molar refractivity (Wildman–Crippen MR) is 57.4 cm³/mol. The number of ether oxygens (including phenoxy) is 1. The van der Waals surface area contributed by atoms with Gasteiger partial charge >= 0.3 is 24.0 Å². The van der Waals surface area contributed by atoms with Gasteiger partial charge in [-0.1, -0.05) is 17.7 Å². The molecule has 0 saturated carbocycles. The molecule has 0 fully saturated rings. The van der Waals surface area contributed by atoms with E-state index in [-0.39, 0.29) is 5.56 Å². The van der Waals surface area contributed by atoms with Crippen molar-refractivity contribution in [2.45, 2.75) is 24.9 Å². The van der Waals surface area contributed by atoms with Crippen LogP contribution in [0.3, 0.4) is 0 Å². The summed E-state index contributed by atoms with van der Waals surface area (Å²) >= 11 is 0. The zero-order valence-electron chi connectivity index (χ0n) is 10.5. The van der Waals surface area contributed by atoms with Crippen molar-refractivity contribution in [2.75, 3.05) is 6.61 Å². The number of alkyl halides is 7. The Balaban J connectivity index is 2.80. The highest BCUT2D eigenvalue weighted by Crippen LogP contribution is 2.46. The van der Waals surface area contributed by atoms with E-state index >= 15 is 0 Å². The zero-order chi connectivity index (χ0) is 16.5. The number of carbonyl (C=O) groups excluding carboxylic acids is 1. The number of carbonyl (C=O) groups is 1. The zero-order valence-corrected chi connectivity index (χ0v) is 10.5. The SMILES string of the molecule is Cc1cccc(C(=O)OCC(F)(F)C(F)(F)C(F)(F)F)c1. The number of halogens is 7. The highest BCUT2D eigenvalue weighted by atomic mass is 19.4. The molecule has 0 aromatic heterocycles.